The predicted octanol–water partition coefficient (Wildman–Crippen LogP) is 2.36. The molecule has 0 spiro atoms. The molecule has 1 aliphatic carbocycles. The summed E-state index contributed by atoms with van der Waals surface area (Å²) in [5, 5.41) is 13.8. The highest BCUT2D eigenvalue weighted by Crippen LogP contribution is 2.29. The summed E-state index contributed by atoms with van der Waals surface area (Å²) in [6.07, 6.45) is 6.53. The highest BCUT2D eigenvalue weighted by Gasteiger charge is 2.36. The van der Waals surface area contributed by atoms with Gasteiger partial charge in [-0.05, 0) is 32.1 Å². The molecule has 3 rings (SSSR count). The van der Waals surface area contributed by atoms with E-state index in [0.717, 1.165) is 48.7 Å². The Labute approximate surface area is 134 Å². The number of imide groups is 1. The molecule has 0 radical (unpaired) electrons. The number of hydrogen-bond acceptors (Lipinski definition) is 6. The van der Waals surface area contributed by atoms with Crippen molar-refractivity contribution in [3.8, 4) is 0 Å². The first-order valence-electron chi connectivity index (χ1n) is 8.11. The molecule has 1 saturated heterocycles. The lowest BCUT2D eigenvalue weighted by Crippen LogP contribution is -2.43. The summed E-state index contributed by atoms with van der Waals surface area (Å²) >= 11 is 1.63. The molecule has 120 valence electrons. The Balaban J connectivity index is 1.51. The number of anilines is 1. The maximum absolute atomic E-state index is 11.8. The van der Waals surface area contributed by atoms with E-state index in [1.54, 1.807) is 11.3 Å². The number of hydrogen-bond donors (Lipinski definition) is 1. The molecule has 0 bridgehead atoms. The molecule has 0 aromatic carbocycles. The summed E-state index contributed by atoms with van der Waals surface area (Å²) in [4.78, 5) is 25.1. The van der Waals surface area contributed by atoms with E-state index in [2.05, 4.69) is 22.4 Å². The van der Waals surface area contributed by atoms with Gasteiger partial charge in [-0.1, -0.05) is 18.3 Å². The van der Waals surface area contributed by atoms with Crippen LogP contribution in [0, 0.1) is 0 Å². The van der Waals surface area contributed by atoms with Gasteiger partial charge in [0.1, 0.15) is 5.01 Å². The first-order chi connectivity index (χ1) is 10.7. The Morgan fingerprint density at radius 2 is 1.82 bits per heavy atom. The van der Waals surface area contributed by atoms with Gasteiger partial charge in [0.25, 0.3) is 0 Å². The molecule has 2 aliphatic rings. The van der Waals surface area contributed by atoms with Crippen molar-refractivity contribution in [3.05, 3.63) is 5.01 Å². The van der Waals surface area contributed by atoms with E-state index >= 15 is 0 Å². The smallest absolute Gasteiger partial charge is 0.229 e. The van der Waals surface area contributed by atoms with Gasteiger partial charge in [0.15, 0.2) is 0 Å². The van der Waals surface area contributed by atoms with Crippen LogP contribution < -0.4 is 5.32 Å². The Bertz CT molecular complexity index is 535. The van der Waals surface area contributed by atoms with E-state index in [-0.39, 0.29) is 17.9 Å². The molecule has 1 N–H and O–H groups in total. The van der Waals surface area contributed by atoms with Gasteiger partial charge >= 0.3 is 0 Å². The van der Waals surface area contributed by atoms with Gasteiger partial charge in [0, 0.05) is 31.3 Å². The van der Waals surface area contributed by atoms with Crippen LogP contribution in [0.25, 0.3) is 0 Å². The third kappa shape index (κ3) is 3.29. The van der Waals surface area contributed by atoms with Crippen LogP contribution in [0.2, 0.25) is 0 Å². The molecule has 2 fully saturated rings. The van der Waals surface area contributed by atoms with Gasteiger partial charge in [-0.15, -0.1) is 10.2 Å². The van der Waals surface area contributed by atoms with E-state index in [4.69, 9.17) is 0 Å². The van der Waals surface area contributed by atoms with Crippen LogP contribution in [0.4, 0.5) is 5.13 Å². The van der Waals surface area contributed by atoms with Gasteiger partial charge in [0.2, 0.25) is 16.9 Å². The molecule has 2 heterocycles. The number of nitrogens with one attached hydrogen (secondary N) is 1. The summed E-state index contributed by atoms with van der Waals surface area (Å²) in [6, 6.07) is 0.470. The Kier molecular flexibility index (Phi) is 4.71. The topological polar surface area (TPSA) is 75.2 Å². The van der Waals surface area contributed by atoms with Crippen LogP contribution in [0.5, 0.6) is 0 Å². The second kappa shape index (κ2) is 6.73. The maximum Gasteiger partial charge on any atom is 0.229 e. The number of nitrogens with zero attached hydrogens (tertiary/aromatic N) is 3. The highest BCUT2D eigenvalue weighted by molar-refractivity contribution is 7.15. The van der Waals surface area contributed by atoms with Crippen molar-refractivity contribution in [1.82, 2.24) is 15.1 Å². The molecule has 0 unspecified atom stereocenters. The molecule has 6 nitrogen and oxygen atoms in total. The van der Waals surface area contributed by atoms with Gasteiger partial charge in [0.05, 0.1) is 0 Å². The van der Waals surface area contributed by atoms with E-state index in [9.17, 15) is 9.59 Å². The number of aryl methyl sites for hydroxylation is 1. The van der Waals surface area contributed by atoms with Crippen LogP contribution in [0.15, 0.2) is 0 Å². The van der Waals surface area contributed by atoms with Crippen molar-refractivity contribution in [3.63, 3.8) is 0 Å². The van der Waals surface area contributed by atoms with Crippen LogP contribution in [0.3, 0.4) is 0 Å². The van der Waals surface area contributed by atoms with E-state index in [1.807, 2.05) is 0 Å². The van der Waals surface area contributed by atoms with Crippen molar-refractivity contribution in [2.75, 3.05) is 5.32 Å². The summed E-state index contributed by atoms with van der Waals surface area (Å²) in [6.45, 7) is 2.14. The molecule has 22 heavy (non-hydrogen) atoms. The fraction of sp³-hybridized carbons (Fsp3) is 0.733. The normalized spacial score (nSPS) is 25.8. The van der Waals surface area contributed by atoms with Gasteiger partial charge < -0.3 is 5.32 Å². The third-order valence-corrected chi connectivity index (χ3v) is 5.32. The Morgan fingerprint density at radius 1 is 1.14 bits per heavy atom. The van der Waals surface area contributed by atoms with E-state index in [0.29, 0.717) is 18.9 Å². The second-order valence-corrected chi connectivity index (χ2v) is 7.12. The Morgan fingerprint density at radius 3 is 2.45 bits per heavy atom. The first kappa shape index (κ1) is 15.4. The lowest BCUT2D eigenvalue weighted by Gasteiger charge is -2.33. The molecule has 1 aromatic heterocycles. The van der Waals surface area contributed by atoms with Crippen molar-refractivity contribution in [2.45, 2.75) is 70.4 Å². The van der Waals surface area contributed by atoms with Gasteiger partial charge in [-0.2, -0.15) is 0 Å². The number of aromatic nitrogens is 2. The van der Waals surface area contributed by atoms with Crippen molar-refractivity contribution in [2.24, 2.45) is 0 Å². The SMILES string of the molecule is CCCc1nnc(NC2CCC(N3C(=O)CCC3=O)CC2)s1. The largest absolute Gasteiger partial charge is 0.357 e. The summed E-state index contributed by atoms with van der Waals surface area (Å²) in [5.41, 5.74) is 0. The van der Waals surface area contributed by atoms with Crippen LogP contribution >= 0.6 is 11.3 Å². The predicted molar refractivity (Wildman–Crippen MR) is 84.7 cm³/mol. The first-order valence-corrected chi connectivity index (χ1v) is 8.93. The number of carbonyl (C=O) groups is 2. The zero-order valence-corrected chi connectivity index (χ0v) is 13.7. The standard InChI is InChI=1S/C15H22N4O2S/c1-2-3-12-17-18-15(22-12)16-10-4-6-11(7-5-10)19-13(20)8-9-14(19)21/h10-11H,2-9H2,1H3,(H,16,18). The summed E-state index contributed by atoms with van der Waals surface area (Å²) < 4.78 is 0. The lowest BCUT2D eigenvalue weighted by molar-refractivity contribution is -0.141. The number of rotatable bonds is 5. The quantitative estimate of drug-likeness (QED) is 0.842. The minimum atomic E-state index is 0.00902. The molecule has 7 heteroatoms. The fourth-order valence-electron chi connectivity index (χ4n) is 3.28. The zero-order valence-electron chi connectivity index (χ0n) is 12.9. The van der Waals surface area contributed by atoms with E-state index < -0.39 is 0 Å². The summed E-state index contributed by atoms with van der Waals surface area (Å²) in [5.74, 6) is 0.0180. The van der Waals surface area contributed by atoms with Gasteiger partial charge in [-0.3, -0.25) is 14.5 Å². The minimum Gasteiger partial charge on any atom is -0.357 e. The number of amides is 2. The monoisotopic (exact) mass is 322 g/mol. The zero-order chi connectivity index (χ0) is 15.5. The van der Waals surface area contributed by atoms with Crippen LogP contribution in [0.1, 0.15) is 56.9 Å². The summed E-state index contributed by atoms with van der Waals surface area (Å²) in [7, 11) is 0. The molecule has 1 aliphatic heterocycles. The van der Waals surface area contributed by atoms with Crippen molar-refractivity contribution >= 4 is 28.3 Å². The highest BCUT2D eigenvalue weighted by atomic mass is 32.1. The fourth-order valence-corrected chi connectivity index (χ4v) is 4.20. The molecule has 1 aromatic rings. The maximum atomic E-state index is 11.8. The van der Waals surface area contributed by atoms with Crippen molar-refractivity contribution in [1.29, 1.82) is 0 Å². The molecule has 0 atom stereocenters. The Hall–Kier alpha value is -1.50. The number of carbonyl (C=O) groups excluding carboxylic acids is 2. The average Bonchev–Trinajstić information content (AvgIpc) is 3.08. The minimum absolute atomic E-state index is 0.00902. The third-order valence-electron chi connectivity index (χ3n) is 4.41. The lowest BCUT2D eigenvalue weighted by atomic mass is 9.90. The second-order valence-electron chi connectivity index (χ2n) is 6.06. The molecule has 2 amide bonds. The van der Waals surface area contributed by atoms with Gasteiger partial charge in [-0.25, -0.2) is 0 Å². The van der Waals surface area contributed by atoms with Crippen LogP contribution in [-0.2, 0) is 16.0 Å². The average molecular weight is 322 g/mol. The van der Waals surface area contributed by atoms with Crippen LogP contribution in [-0.4, -0.2) is 39.0 Å². The van der Waals surface area contributed by atoms with Crippen molar-refractivity contribution < 1.29 is 9.59 Å². The molecule has 1 saturated carbocycles. The molecular formula is C15H22N4O2S. The number of likely N-dealkylation sites (tertiary alicyclic amines) is 1. The molecular weight excluding hydrogens is 300 g/mol. The van der Waals surface area contributed by atoms with E-state index in [1.165, 1.54) is 4.90 Å².